The quantitative estimate of drug-likeness (QED) is 0.941. The van der Waals surface area contributed by atoms with E-state index >= 15 is 0 Å². The van der Waals surface area contributed by atoms with E-state index in [-0.39, 0.29) is 5.69 Å². The van der Waals surface area contributed by atoms with Crippen molar-refractivity contribution in [3.63, 3.8) is 0 Å². The van der Waals surface area contributed by atoms with Gasteiger partial charge in [0.15, 0.2) is 0 Å². The first-order chi connectivity index (χ1) is 8.49. The third kappa shape index (κ3) is 2.53. The van der Waals surface area contributed by atoms with Crippen molar-refractivity contribution in [2.24, 2.45) is 7.05 Å². The van der Waals surface area contributed by atoms with E-state index in [1.165, 1.54) is 6.07 Å². The minimum Gasteiger partial charge on any atom is -0.378 e. The van der Waals surface area contributed by atoms with E-state index < -0.39 is 11.6 Å². The number of benzene rings is 1. The molecule has 1 heterocycles. The largest absolute Gasteiger partial charge is 0.378 e. The number of aromatic nitrogens is 2. The van der Waals surface area contributed by atoms with Crippen LogP contribution in [0.15, 0.2) is 22.8 Å². The number of nitrogens with zero attached hydrogens (tertiary/aromatic N) is 2. The Kier molecular flexibility index (Phi) is 3.65. The van der Waals surface area contributed by atoms with Crippen LogP contribution in [0.4, 0.5) is 14.5 Å². The molecule has 96 valence electrons. The Labute approximate surface area is 112 Å². The van der Waals surface area contributed by atoms with Gasteiger partial charge in [0, 0.05) is 35.4 Å². The molecular weight excluding hydrogens is 304 g/mol. The summed E-state index contributed by atoms with van der Waals surface area (Å²) >= 11 is 3.13. The van der Waals surface area contributed by atoms with Crippen LogP contribution in [0, 0.1) is 18.6 Å². The van der Waals surface area contributed by atoms with Crippen molar-refractivity contribution >= 4 is 21.6 Å². The van der Waals surface area contributed by atoms with Crippen LogP contribution in [-0.4, -0.2) is 9.78 Å². The summed E-state index contributed by atoms with van der Waals surface area (Å²) in [6.45, 7) is 2.36. The van der Waals surface area contributed by atoms with Gasteiger partial charge in [-0.05, 0) is 28.9 Å². The van der Waals surface area contributed by atoms with Gasteiger partial charge in [0.05, 0.1) is 11.9 Å². The zero-order valence-corrected chi connectivity index (χ0v) is 11.6. The Bertz CT molecular complexity index is 558. The number of aryl methyl sites for hydroxylation is 1. The summed E-state index contributed by atoms with van der Waals surface area (Å²) in [6, 6.07) is 2.07. The van der Waals surface area contributed by atoms with E-state index in [0.29, 0.717) is 11.0 Å². The average molecular weight is 316 g/mol. The Balaban J connectivity index is 2.18. The molecule has 6 heteroatoms. The SMILES string of the molecule is Cc1c(CNc2c(F)cc(F)cc2Br)cnn1C. The van der Waals surface area contributed by atoms with E-state index in [1.807, 2.05) is 14.0 Å². The second kappa shape index (κ2) is 5.06. The second-order valence-electron chi connectivity index (χ2n) is 3.98. The summed E-state index contributed by atoms with van der Waals surface area (Å²) in [5, 5.41) is 7.04. The van der Waals surface area contributed by atoms with Gasteiger partial charge in [-0.1, -0.05) is 0 Å². The van der Waals surface area contributed by atoms with Gasteiger partial charge in [0.25, 0.3) is 0 Å². The first-order valence-electron chi connectivity index (χ1n) is 5.35. The maximum Gasteiger partial charge on any atom is 0.150 e. The molecule has 0 unspecified atom stereocenters. The van der Waals surface area contributed by atoms with Crippen LogP contribution >= 0.6 is 15.9 Å². The molecule has 1 N–H and O–H groups in total. The molecule has 18 heavy (non-hydrogen) atoms. The van der Waals surface area contributed by atoms with E-state index in [1.54, 1.807) is 10.9 Å². The molecule has 0 amide bonds. The van der Waals surface area contributed by atoms with Gasteiger partial charge < -0.3 is 5.32 Å². The fraction of sp³-hybridized carbons (Fsp3) is 0.250. The van der Waals surface area contributed by atoms with Crippen LogP contribution in [-0.2, 0) is 13.6 Å². The number of nitrogens with one attached hydrogen (secondary N) is 1. The summed E-state index contributed by atoms with van der Waals surface area (Å²) in [4.78, 5) is 0. The molecule has 0 spiro atoms. The van der Waals surface area contributed by atoms with Crippen molar-refractivity contribution in [3.05, 3.63) is 45.7 Å². The Morgan fingerprint density at radius 3 is 2.67 bits per heavy atom. The normalized spacial score (nSPS) is 10.7. The van der Waals surface area contributed by atoms with Crippen LogP contribution in [0.5, 0.6) is 0 Å². The highest BCUT2D eigenvalue weighted by molar-refractivity contribution is 9.10. The van der Waals surface area contributed by atoms with Gasteiger partial charge in [-0.2, -0.15) is 5.10 Å². The summed E-state index contributed by atoms with van der Waals surface area (Å²) in [6.07, 6.45) is 1.72. The monoisotopic (exact) mass is 315 g/mol. The van der Waals surface area contributed by atoms with Crippen molar-refractivity contribution in [1.82, 2.24) is 9.78 Å². The van der Waals surface area contributed by atoms with Crippen LogP contribution in [0.25, 0.3) is 0 Å². The molecule has 3 nitrogen and oxygen atoms in total. The Morgan fingerprint density at radius 1 is 1.39 bits per heavy atom. The van der Waals surface area contributed by atoms with Crippen molar-refractivity contribution in [2.45, 2.75) is 13.5 Å². The second-order valence-corrected chi connectivity index (χ2v) is 4.83. The van der Waals surface area contributed by atoms with Crippen molar-refractivity contribution in [2.75, 3.05) is 5.32 Å². The maximum atomic E-state index is 13.6. The highest BCUT2D eigenvalue weighted by atomic mass is 79.9. The van der Waals surface area contributed by atoms with Crippen LogP contribution < -0.4 is 5.32 Å². The zero-order chi connectivity index (χ0) is 13.3. The van der Waals surface area contributed by atoms with Crippen molar-refractivity contribution in [3.8, 4) is 0 Å². The lowest BCUT2D eigenvalue weighted by molar-refractivity contribution is 0.583. The molecule has 1 aromatic heterocycles. The minimum atomic E-state index is -0.622. The Hall–Kier alpha value is -1.43. The molecule has 0 fully saturated rings. The molecule has 0 aliphatic carbocycles. The molecule has 0 saturated carbocycles. The third-order valence-electron chi connectivity index (χ3n) is 2.80. The number of hydrogen-bond acceptors (Lipinski definition) is 2. The van der Waals surface area contributed by atoms with Crippen LogP contribution in [0.1, 0.15) is 11.3 Å². The molecule has 0 aliphatic rings. The van der Waals surface area contributed by atoms with Crippen molar-refractivity contribution in [1.29, 1.82) is 0 Å². The third-order valence-corrected chi connectivity index (χ3v) is 3.42. The van der Waals surface area contributed by atoms with Crippen molar-refractivity contribution < 1.29 is 8.78 Å². The number of anilines is 1. The van der Waals surface area contributed by atoms with Crippen LogP contribution in [0.3, 0.4) is 0 Å². The van der Waals surface area contributed by atoms with E-state index in [0.717, 1.165) is 17.3 Å². The van der Waals surface area contributed by atoms with Gasteiger partial charge in [-0.25, -0.2) is 8.78 Å². The van der Waals surface area contributed by atoms with Gasteiger partial charge >= 0.3 is 0 Å². The first kappa shape index (κ1) is 13.0. The smallest absolute Gasteiger partial charge is 0.150 e. The molecule has 0 radical (unpaired) electrons. The minimum absolute atomic E-state index is 0.250. The van der Waals surface area contributed by atoms with E-state index in [4.69, 9.17) is 0 Å². The lowest BCUT2D eigenvalue weighted by atomic mass is 10.2. The van der Waals surface area contributed by atoms with E-state index in [2.05, 4.69) is 26.3 Å². The fourth-order valence-corrected chi connectivity index (χ4v) is 2.16. The molecule has 0 saturated heterocycles. The fourth-order valence-electron chi connectivity index (χ4n) is 1.61. The van der Waals surface area contributed by atoms with E-state index in [9.17, 15) is 8.78 Å². The summed E-state index contributed by atoms with van der Waals surface area (Å²) in [5.74, 6) is -1.23. The lowest BCUT2D eigenvalue weighted by Crippen LogP contribution is -2.04. The predicted octanol–water partition coefficient (Wildman–Crippen LogP) is 3.38. The van der Waals surface area contributed by atoms with Gasteiger partial charge in [0.2, 0.25) is 0 Å². The van der Waals surface area contributed by atoms with Gasteiger partial charge in [-0.3, -0.25) is 4.68 Å². The predicted molar refractivity (Wildman–Crippen MR) is 69.3 cm³/mol. The first-order valence-corrected chi connectivity index (χ1v) is 6.14. The molecule has 0 aliphatic heterocycles. The average Bonchev–Trinajstić information content (AvgIpc) is 2.59. The summed E-state index contributed by atoms with van der Waals surface area (Å²) in [7, 11) is 1.84. The van der Waals surface area contributed by atoms with Gasteiger partial charge in [-0.15, -0.1) is 0 Å². The maximum absolute atomic E-state index is 13.6. The molecule has 1 aromatic carbocycles. The highest BCUT2D eigenvalue weighted by Crippen LogP contribution is 2.27. The topological polar surface area (TPSA) is 29.9 Å². The van der Waals surface area contributed by atoms with Crippen LogP contribution in [0.2, 0.25) is 0 Å². The number of rotatable bonds is 3. The lowest BCUT2D eigenvalue weighted by Gasteiger charge is -2.09. The molecule has 0 atom stereocenters. The summed E-state index contributed by atoms with van der Waals surface area (Å²) in [5.41, 5.74) is 2.22. The molecule has 2 rings (SSSR count). The Morgan fingerprint density at radius 2 is 2.11 bits per heavy atom. The molecule has 2 aromatic rings. The number of halogens is 3. The summed E-state index contributed by atoms with van der Waals surface area (Å²) < 4.78 is 28.6. The van der Waals surface area contributed by atoms with Gasteiger partial charge in [0.1, 0.15) is 11.6 Å². The standard InChI is InChI=1S/C12H12BrF2N3/c1-7-8(6-17-18(7)2)5-16-12-10(13)3-9(14)4-11(12)15/h3-4,6,16H,5H2,1-2H3. The molecule has 0 bridgehead atoms. The molecular formula is C12H12BrF2N3. The zero-order valence-electron chi connectivity index (χ0n) is 9.97. The number of hydrogen-bond donors (Lipinski definition) is 1. The highest BCUT2D eigenvalue weighted by Gasteiger charge is 2.10.